The summed E-state index contributed by atoms with van der Waals surface area (Å²) in [6, 6.07) is 21.5. The molecule has 4 aromatic carbocycles. The van der Waals surface area contributed by atoms with E-state index in [-0.39, 0.29) is 53.9 Å². The van der Waals surface area contributed by atoms with Gasteiger partial charge in [0.2, 0.25) is 0 Å². The minimum Gasteiger partial charge on any atom is -0.508 e. The SMILES string of the molecule is CC[C@@]1(O)C(=O)OCc2c1cc1n(c2=O)Cc2c-1nc1cc(F)c(C)c3c1c2[C@@H](NC(=O)COC(=O)N1CCC(Cc2ccc(CN(C)Cc4ccc(-n5c(-c6cc(C(C)C)c(O)cc6O)n[nH]c5=O)cc4)cc2)CC1)CC3. The lowest BCUT2D eigenvalue weighted by Crippen LogP contribution is -2.44. The Morgan fingerprint density at radius 1 is 0.936 bits per heavy atom. The number of nitrogens with one attached hydrogen (secondary N) is 2. The number of phenolic OH excluding ortho intramolecular Hbond substituents is 2. The van der Waals surface area contributed by atoms with Crippen molar-refractivity contribution in [2.24, 2.45) is 5.92 Å². The van der Waals surface area contributed by atoms with Crippen LogP contribution in [0.3, 0.4) is 0 Å². The van der Waals surface area contributed by atoms with Gasteiger partial charge in [-0.05, 0) is 128 Å². The van der Waals surface area contributed by atoms with Crippen LogP contribution < -0.4 is 16.6 Å². The van der Waals surface area contributed by atoms with Gasteiger partial charge < -0.3 is 39.6 Å². The van der Waals surface area contributed by atoms with Crippen LogP contribution in [0.5, 0.6) is 11.5 Å². The molecule has 18 nitrogen and oxygen atoms in total. The molecule has 78 heavy (non-hydrogen) atoms. The minimum absolute atomic E-state index is 0.0169. The van der Waals surface area contributed by atoms with Gasteiger partial charge in [0.1, 0.15) is 23.9 Å². The highest BCUT2D eigenvalue weighted by atomic mass is 19.1. The number of esters is 1. The zero-order valence-corrected chi connectivity index (χ0v) is 44.1. The van der Waals surface area contributed by atoms with Gasteiger partial charge in [0.15, 0.2) is 18.0 Å². The molecule has 3 aromatic heterocycles. The summed E-state index contributed by atoms with van der Waals surface area (Å²) in [5.41, 5.74) is 6.16. The Hall–Kier alpha value is -8.16. The van der Waals surface area contributed by atoms with Crippen molar-refractivity contribution in [1.29, 1.82) is 0 Å². The molecule has 0 bridgehead atoms. The zero-order valence-electron chi connectivity index (χ0n) is 44.1. The summed E-state index contributed by atoms with van der Waals surface area (Å²) in [5, 5.41) is 42.9. The number of halogens is 1. The van der Waals surface area contributed by atoms with Crippen molar-refractivity contribution in [2.45, 2.75) is 110 Å². The maximum atomic E-state index is 15.4. The number of piperidine rings is 1. The second-order valence-electron chi connectivity index (χ2n) is 21.6. The molecule has 1 fully saturated rings. The van der Waals surface area contributed by atoms with E-state index in [1.165, 1.54) is 26.8 Å². The van der Waals surface area contributed by atoms with Crippen molar-refractivity contribution in [1.82, 2.24) is 39.4 Å². The highest BCUT2D eigenvalue weighted by Gasteiger charge is 2.46. The van der Waals surface area contributed by atoms with E-state index in [1.807, 2.05) is 45.2 Å². The van der Waals surface area contributed by atoms with Crippen molar-refractivity contribution in [2.75, 3.05) is 26.7 Å². The van der Waals surface area contributed by atoms with Crippen LogP contribution in [0.1, 0.15) is 114 Å². The number of carbonyl (C=O) groups excluding carboxylic acids is 3. The number of benzene rings is 4. The molecule has 5 N–H and O–H groups in total. The third kappa shape index (κ3) is 9.27. The number of pyridine rings is 2. The number of aromatic nitrogens is 5. The number of fused-ring (bicyclic) bond motifs is 5. The molecule has 0 saturated carbocycles. The summed E-state index contributed by atoms with van der Waals surface area (Å²) in [7, 11) is 2.04. The highest BCUT2D eigenvalue weighted by Crippen LogP contribution is 2.46. The summed E-state index contributed by atoms with van der Waals surface area (Å²) in [5.74, 6) is -1.40. The number of ether oxygens (including phenoxy) is 2. The third-order valence-corrected chi connectivity index (χ3v) is 16.2. The lowest BCUT2D eigenvalue weighted by molar-refractivity contribution is -0.172. The van der Waals surface area contributed by atoms with Gasteiger partial charge >= 0.3 is 17.8 Å². The standard InChI is InChI=1S/C59H61FN8O10/c1-6-59(76)43-23-47-53-41(28-67(47)55(72)42(43)29-77-56(59)73)52-45(16-15-38-32(4)44(60)24-46(62-53)51(38)52)61-50(71)30-78-58(75)66-19-17-34(18-20-66)21-33-7-9-35(10-8-33)26-65(5)27-36-11-13-37(14-12-36)68-54(63-64-57(68)74)40-22-39(31(2)3)48(69)25-49(40)70/h7-14,22-25,31,34,45,69-70,76H,6,15-21,26-30H2,1-5H3,(H,61,71)(H,64,74)/t45-,59-/m0/s1. The maximum Gasteiger partial charge on any atom is 0.410 e. The number of aromatic amines is 1. The number of hydrogen-bond acceptors (Lipinski definition) is 13. The summed E-state index contributed by atoms with van der Waals surface area (Å²) >= 11 is 0. The van der Waals surface area contributed by atoms with E-state index in [0.29, 0.717) is 101 Å². The van der Waals surface area contributed by atoms with Crippen molar-refractivity contribution in [3.05, 3.63) is 155 Å². The second kappa shape index (κ2) is 20.3. The van der Waals surface area contributed by atoms with Crippen LogP contribution in [0.15, 0.2) is 82.4 Å². The van der Waals surface area contributed by atoms with Crippen LogP contribution in [0.2, 0.25) is 0 Å². The number of likely N-dealkylation sites (tertiary alicyclic amines) is 1. The predicted octanol–water partition coefficient (Wildman–Crippen LogP) is 7.43. The number of phenols is 2. The molecule has 0 spiro atoms. The van der Waals surface area contributed by atoms with Crippen LogP contribution >= 0.6 is 0 Å². The van der Waals surface area contributed by atoms with Crippen LogP contribution in [0.4, 0.5) is 9.18 Å². The number of aryl methyl sites for hydroxylation is 1. The number of amides is 2. The fourth-order valence-corrected chi connectivity index (χ4v) is 12.0. The first kappa shape index (κ1) is 51.9. The number of aromatic hydroxyl groups is 2. The fraction of sp³-hybridized carbons (Fsp3) is 0.373. The van der Waals surface area contributed by atoms with Gasteiger partial charge in [-0.3, -0.25) is 14.5 Å². The normalized spacial score (nSPS) is 17.8. The Morgan fingerprint density at radius 3 is 2.32 bits per heavy atom. The largest absolute Gasteiger partial charge is 0.508 e. The molecule has 11 rings (SSSR count). The van der Waals surface area contributed by atoms with Gasteiger partial charge in [0, 0.05) is 54.8 Å². The number of hydrogen-bond donors (Lipinski definition) is 5. The van der Waals surface area contributed by atoms with Crippen molar-refractivity contribution < 1.29 is 43.6 Å². The summed E-state index contributed by atoms with van der Waals surface area (Å²) in [6.45, 7) is 8.87. The Kier molecular flexibility index (Phi) is 13.5. The number of cyclic esters (lactones) is 1. The van der Waals surface area contributed by atoms with Crippen molar-refractivity contribution in [3.8, 4) is 40.0 Å². The van der Waals surface area contributed by atoms with E-state index in [9.17, 15) is 39.3 Å². The molecule has 0 radical (unpaired) electrons. The summed E-state index contributed by atoms with van der Waals surface area (Å²) in [6.07, 6.45) is 2.71. The molecular weight excluding hydrogens is 1000 g/mol. The number of carbonyl (C=O) groups is 3. The lowest BCUT2D eigenvalue weighted by Gasteiger charge is -2.32. The molecule has 19 heteroatoms. The van der Waals surface area contributed by atoms with Crippen LogP contribution in [-0.4, -0.2) is 94.1 Å². The van der Waals surface area contributed by atoms with Gasteiger partial charge in [-0.15, -0.1) is 0 Å². The van der Waals surface area contributed by atoms with E-state index >= 15 is 4.39 Å². The molecule has 7 aromatic rings. The maximum absolute atomic E-state index is 15.4. The van der Waals surface area contributed by atoms with Gasteiger partial charge in [-0.2, -0.15) is 5.10 Å². The predicted molar refractivity (Wildman–Crippen MR) is 286 cm³/mol. The Morgan fingerprint density at radius 2 is 1.63 bits per heavy atom. The monoisotopic (exact) mass is 1060 g/mol. The Bertz CT molecular complexity index is 3690. The molecule has 404 valence electrons. The van der Waals surface area contributed by atoms with E-state index in [2.05, 4.69) is 44.7 Å². The first-order chi connectivity index (χ1) is 37.4. The number of aliphatic hydroxyl groups is 1. The van der Waals surface area contributed by atoms with E-state index in [1.54, 1.807) is 30.9 Å². The molecule has 0 unspecified atom stereocenters. The Labute approximate surface area is 448 Å². The first-order valence-electron chi connectivity index (χ1n) is 26.5. The quantitative estimate of drug-likeness (QED) is 0.0708. The average molecular weight is 1060 g/mol. The first-order valence-corrected chi connectivity index (χ1v) is 26.5. The molecule has 2 atom stereocenters. The molecular formula is C59H61FN8O10. The second-order valence-corrected chi connectivity index (χ2v) is 21.6. The highest BCUT2D eigenvalue weighted by molar-refractivity contribution is 5.94. The third-order valence-electron chi connectivity index (χ3n) is 16.2. The van der Waals surface area contributed by atoms with Crippen LogP contribution in [0, 0.1) is 18.7 Å². The molecule has 1 aliphatic carbocycles. The number of nitrogens with zero attached hydrogens (tertiary/aromatic N) is 6. The summed E-state index contributed by atoms with van der Waals surface area (Å²) in [4.78, 5) is 75.4. The number of rotatable bonds is 13. The smallest absolute Gasteiger partial charge is 0.410 e. The molecule has 3 aliphatic heterocycles. The van der Waals surface area contributed by atoms with Crippen LogP contribution in [-0.2, 0) is 63.7 Å². The molecule has 2 amide bonds. The fourth-order valence-electron chi connectivity index (χ4n) is 12.0. The van der Waals surface area contributed by atoms with Crippen molar-refractivity contribution in [3.63, 3.8) is 0 Å². The van der Waals surface area contributed by atoms with Gasteiger partial charge in [-0.25, -0.2) is 33.4 Å². The lowest BCUT2D eigenvalue weighted by atomic mass is 9.81. The van der Waals surface area contributed by atoms with Crippen molar-refractivity contribution >= 4 is 28.9 Å². The molecule has 4 aliphatic rings. The molecule has 6 heterocycles. The topological polar surface area (TPSA) is 234 Å². The Balaban J connectivity index is 0.675. The van der Waals surface area contributed by atoms with Gasteiger partial charge in [-0.1, -0.05) is 57.2 Å². The van der Waals surface area contributed by atoms with Gasteiger partial charge in [0.25, 0.3) is 11.5 Å². The van der Waals surface area contributed by atoms with E-state index in [0.717, 1.165) is 36.0 Å². The minimum atomic E-state index is -2.02. The summed E-state index contributed by atoms with van der Waals surface area (Å²) < 4.78 is 29.2. The number of H-pyrrole nitrogens is 1. The van der Waals surface area contributed by atoms with Gasteiger partial charge in [0.05, 0.1) is 46.3 Å². The average Bonchev–Trinajstić information content (AvgIpc) is 4.11. The van der Waals surface area contributed by atoms with E-state index in [4.69, 9.17) is 14.5 Å². The molecule has 1 saturated heterocycles. The zero-order chi connectivity index (χ0) is 54.9. The van der Waals surface area contributed by atoms with Crippen LogP contribution in [0.25, 0.3) is 39.4 Å². The van der Waals surface area contributed by atoms with E-state index < -0.39 is 53.3 Å².